The maximum Gasteiger partial charge on any atom is 0.276 e. The number of pyridine rings is 1. The number of nitrogen functional groups attached to an aromatic ring is 2. The standard InChI is InChI=1S/C8H13N3O/c1-5(2)11-4-3-6(9)7(10)8(11)12/h3-5H,9-10H2,1-2H3. The van der Waals surface area contributed by atoms with Gasteiger partial charge in [-0.15, -0.1) is 0 Å². The fraction of sp³-hybridized carbons (Fsp3) is 0.375. The van der Waals surface area contributed by atoms with Crippen molar-refractivity contribution in [3.05, 3.63) is 22.6 Å². The van der Waals surface area contributed by atoms with Gasteiger partial charge in [0.15, 0.2) is 0 Å². The van der Waals surface area contributed by atoms with Gasteiger partial charge < -0.3 is 16.0 Å². The molecule has 1 aromatic rings. The first-order valence-electron chi connectivity index (χ1n) is 3.80. The Balaban J connectivity index is 3.37. The summed E-state index contributed by atoms with van der Waals surface area (Å²) in [6.07, 6.45) is 1.65. The lowest BCUT2D eigenvalue weighted by molar-refractivity contribution is 0.580. The molecule has 4 N–H and O–H groups in total. The smallest absolute Gasteiger partial charge is 0.276 e. The van der Waals surface area contributed by atoms with E-state index >= 15 is 0 Å². The van der Waals surface area contributed by atoms with Crippen molar-refractivity contribution in [2.75, 3.05) is 11.5 Å². The maximum absolute atomic E-state index is 11.4. The lowest BCUT2D eigenvalue weighted by Gasteiger charge is -2.10. The molecule has 0 aliphatic rings. The van der Waals surface area contributed by atoms with Crippen LogP contribution in [0.5, 0.6) is 0 Å². The minimum atomic E-state index is -0.218. The molecule has 0 aliphatic heterocycles. The Morgan fingerprint density at radius 2 is 2.00 bits per heavy atom. The summed E-state index contributed by atoms with van der Waals surface area (Å²) in [4.78, 5) is 11.4. The molecule has 12 heavy (non-hydrogen) atoms. The number of anilines is 2. The lowest BCUT2D eigenvalue weighted by Crippen LogP contribution is -2.24. The molecule has 0 atom stereocenters. The van der Waals surface area contributed by atoms with E-state index in [0.717, 1.165) is 0 Å². The van der Waals surface area contributed by atoms with Crippen molar-refractivity contribution in [3.8, 4) is 0 Å². The molecule has 0 bridgehead atoms. The van der Waals surface area contributed by atoms with E-state index in [-0.39, 0.29) is 17.3 Å². The molecule has 0 fully saturated rings. The Bertz CT molecular complexity index is 341. The molecule has 0 aromatic carbocycles. The number of aromatic nitrogens is 1. The molecule has 4 nitrogen and oxygen atoms in total. The molecule has 1 aromatic heterocycles. The Morgan fingerprint density at radius 1 is 1.42 bits per heavy atom. The monoisotopic (exact) mass is 167 g/mol. The van der Waals surface area contributed by atoms with Crippen LogP contribution >= 0.6 is 0 Å². The van der Waals surface area contributed by atoms with Crippen LogP contribution in [0, 0.1) is 0 Å². The lowest BCUT2D eigenvalue weighted by atomic mass is 10.3. The molecular formula is C8H13N3O. The minimum absolute atomic E-state index is 0.111. The van der Waals surface area contributed by atoms with Crippen molar-refractivity contribution in [3.63, 3.8) is 0 Å². The van der Waals surface area contributed by atoms with Gasteiger partial charge in [-0.25, -0.2) is 0 Å². The second-order valence-corrected chi connectivity index (χ2v) is 2.99. The average molecular weight is 167 g/mol. The van der Waals surface area contributed by atoms with E-state index in [1.807, 2.05) is 13.8 Å². The van der Waals surface area contributed by atoms with Crippen molar-refractivity contribution in [1.82, 2.24) is 4.57 Å². The van der Waals surface area contributed by atoms with Gasteiger partial charge in [-0.2, -0.15) is 0 Å². The second-order valence-electron chi connectivity index (χ2n) is 2.99. The average Bonchev–Trinajstić information content (AvgIpc) is 2.00. The topological polar surface area (TPSA) is 74.0 Å². The number of nitrogens with zero attached hydrogens (tertiary/aromatic N) is 1. The van der Waals surface area contributed by atoms with Gasteiger partial charge in [-0.1, -0.05) is 0 Å². The quantitative estimate of drug-likeness (QED) is 0.643. The number of hydrogen-bond donors (Lipinski definition) is 2. The van der Waals surface area contributed by atoms with Gasteiger partial charge in [0, 0.05) is 12.2 Å². The van der Waals surface area contributed by atoms with Gasteiger partial charge in [-0.3, -0.25) is 4.79 Å². The maximum atomic E-state index is 11.4. The summed E-state index contributed by atoms with van der Waals surface area (Å²) in [6.45, 7) is 3.83. The van der Waals surface area contributed by atoms with Crippen molar-refractivity contribution < 1.29 is 0 Å². The first kappa shape index (κ1) is 8.64. The summed E-state index contributed by atoms with van der Waals surface area (Å²) in [7, 11) is 0. The normalized spacial score (nSPS) is 10.6. The van der Waals surface area contributed by atoms with E-state index < -0.39 is 0 Å². The summed E-state index contributed by atoms with van der Waals surface area (Å²) < 4.78 is 1.55. The van der Waals surface area contributed by atoms with Crippen LogP contribution < -0.4 is 17.0 Å². The zero-order valence-corrected chi connectivity index (χ0v) is 7.24. The zero-order valence-electron chi connectivity index (χ0n) is 7.24. The predicted molar refractivity (Wildman–Crippen MR) is 49.9 cm³/mol. The summed E-state index contributed by atoms with van der Waals surface area (Å²) in [6, 6.07) is 1.75. The van der Waals surface area contributed by atoms with Crippen molar-refractivity contribution in [1.29, 1.82) is 0 Å². The molecule has 0 saturated carbocycles. The predicted octanol–water partition coefficient (Wildman–Crippen LogP) is 0.594. The first-order valence-corrected chi connectivity index (χ1v) is 3.80. The van der Waals surface area contributed by atoms with Crippen LogP contribution in [0.25, 0.3) is 0 Å². The highest BCUT2D eigenvalue weighted by Gasteiger charge is 2.05. The van der Waals surface area contributed by atoms with E-state index in [9.17, 15) is 4.79 Å². The third-order valence-electron chi connectivity index (χ3n) is 1.75. The van der Waals surface area contributed by atoms with E-state index in [4.69, 9.17) is 11.5 Å². The molecule has 0 spiro atoms. The van der Waals surface area contributed by atoms with Crippen molar-refractivity contribution in [2.45, 2.75) is 19.9 Å². The van der Waals surface area contributed by atoms with Crippen LogP contribution in [0.15, 0.2) is 17.1 Å². The first-order chi connectivity index (χ1) is 5.54. The fourth-order valence-electron chi connectivity index (χ4n) is 0.987. The van der Waals surface area contributed by atoms with Crippen LogP contribution in [0.1, 0.15) is 19.9 Å². The van der Waals surface area contributed by atoms with E-state index in [1.165, 1.54) is 0 Å². The summed E-state index contributed by atoms with van der Waals surface area (Å²) >= 11 is 0. The van der Waals surface area contributed by atoms with Crippen LogP contribution in [-0.4, -0.2) is 4.57 Å². The van der Waals surface area contributed by atoms with Gasteiger partial charge >= 0.3 is 0 Å². The Labute approximate surface area is 70.8 Å². The van der Waals surface area contributed by atoms with E-state index in [2.05, 4.69) is 0 Å². The third kappa shape index (κ3) is 1.28. The molecule has 0 radical (unpaired) electrons. The van der Waals surface area contributed by atoms with Gasteiger partial charge in [-0.05, 0) is 19.9 Å². The molecule has 1 rings (SSSR count). The van der Waals surface area contributed by atoms with Crippen LogP contribution in [0.3, 0.4) is 0 Å². The molecule has 4 heteroatoms. The summed E-state index contributed by atoms with van der Waals surface area (Å²) in [5, 5.41) is 0. The van der Waals surface area contributed by atoms with Gasteiger partial charge in [0.2, 0.25) is 0 Å². The van der Waals surface area contributed by atoms with Crippen LogP contribution in [0.4, 0.5) is 11.4 Å². The Hall–Kier alpha value is -1.45. The Morgan fingerprint density at radius 3 is 2.50 bits per heavy atom. The molecule has 0 amide bonds. The van der Waals surface area contributed by atoms with Crippen LogP contribution in [0.2, 0.25) is 0 Å². The van der Waals surface area contributed by atoms with Gasteiger partial charge in [0.05, 0.1) is 5.69 Å². The Kier molecular flexibility index (Phi) is 2.08. The van der Waals surface area contributed by atoms with Gasteiger partial charge in [0.1, 0.15) is 5.69 Å². The highest BCUT2D eigenvalue weighted by Crippen LogP contribution is 2.09. The summed E-state index contributed by atoms with van der Waals surface area (Å²) in [5.41, 5.74) is 11.2. The molecule has 66 valence electrons. The van der Waals surface area contributed by atoms with Crippen molar-refractivity contribution in [2.24, 2.45) is 0 Å². The van der Waals surface area contributed by atoms with E-state index in [0.29, 0.717) is 5.69 Å². The zero-order chi connectivity index (χ0) is 9.30. The number of hydrogen-bond acceptors (Lipinski definition) is 3. The SMILES string of the molecule is CC(C)n1ccc(N)c(N)c1=O. The highest BCUT2D eigenvalue weighted by atomic mass is 16.1. The molecule has 0 unspecified atom stereocenters. The summed E-state index contributed by atoms with van der Waals surface area (Å²) in [5.74, 6) is 0. The fourth-order valence-corrected chi connectivity index (χ4v) is 0.987. The van der Waals surface area contributed by atoms with Gasteiger partial charge in [0.25, 0.3) is 5.56 Å². The number of rotatable bonds is 1. The highest BCUT2D eigenvalue weighted by molar-refractivity contribution is 5.60. The molecular weight excluding hydrogens is 154 g/mol. The molecule has 0 saturated heterocycles. The number of nitrogens with two attached hydrogens (primary N) is 2. The second kappa shape index (κ2) is 2.89. The molecule has 1 heterocycles. The molecule has 0 aliphatic carbocycles. The van der Waals surface area contributed by atoms with Crippen LogP contribution in [-0.2, 0) is 0 Å². The van der Waals surface area contributed by atoms with Crippen molar-refractivity contribution >= 4 is 11.4 Å². The largest absolute Gasteiger partial charge is 0.397 e. The third-order valence-corrected chi connectivity index (χ3v) is 1.75. The minimum Gasteiger partial charge on any atom is -0.397 e. The van der Waals surface area contributed by atoms with E-state index in [1.54, 1.807) is 16.8 Å².